The summed E-state index contributed by atoms with van der Waals surface area (Å²) in [5.41, 5.74) is 1.94. The van der Waals surface area contributed by atoms with E-state index in [2.05, 4.69) is 22.2 Å². The van der Waals surface area contributed by atoms with Crippen molar-refractivity contribution in [3.63, 3.8) is 0 Å². The molecule has 0 unspecified atom stereocenters. The highest BCUT2D eigenvalue weighted by Crippen LogP contribution is 2.13. The van der Waals surface area contributed by atoms with Gasteiger partial charge in [0.2, 0.25) is 0 Å². The molecular weight excluding hydrogens is 176 g/mol. The van der Waals surface area contributed by atoms with Gasteiger partial charge in [0.1, 0.15) is 5.56 Å². The Morgan fingerprint density at radius 3 is 2.50 bits per heavy atom. The fourth-order valence-electron chi connectivity index (χ4n) is 1.11. The minimum atomic E-state index is -0.457. The van der Waals surface area contributed by atoms with Crippen molar-refractivity contribution in [3.8, 4) is 0 Å². The number of hydrogen-bond acceptors (Lipinski definition) is 4. The van der Waals surface area contributed by atoms with Crippen molar-refractivity contribution in [1.82, 2.24) is 9.78 Å². The molecule has 0 amide bonds. The van der Waals surface area contributed by atoms with Crippen LogP contribution in [0, 0.1) is 13.8 Å². The molecule has 0 saturated heterocycles. The van der Waals surface area contributed by atoms with Gasteiger partial charge in [-0.25, -0.2) is 4.79 Å². The predicted molar refractivity (Wildman–Crippen MR) is 47.1 cm³/mol. The summed E-state index contributed by atoms with van der Waals surface area (Å²) < 4.78 is 5.95. The van der Waals surface area contributed by atoms with Crippen LogP contribution in [-0.4, -0.2) is 15.7 Å². The van der Waals surface area contributed by atoms with Gasteiger partial charge in [-0.05, 0) is 13.8 Å². The first kappa shape index (κ1) is 9.12. The number of aromatic nitrogens is 2. The Hall–Kier alpha value is -0.970. The first-order valence-electron chi connectivity index (χ1n) is 3.44. The monoisotopic (exact) mass is 186 g/mol. The van der Waals surface area contributed by atoms with Crippen LogP contribution in [0.25, 0.3) is 0 Å². The Morgan fingerprint density at radius 2 is 2.17 bits per heavy atom. The van der Waals surface area contributed by atoms with E-state index in [-0.39, 0.29) is 0 Å². The molecule has 0 N–H and O–H groups in total. The second-order valence-corrected chi connectivity index (χ2v) is 2.73. The third kappa shape index (κ3) is 1.32. The molecule has 1 rings (SSSR count). The number of nitrogens with zero attached hydrogens (tertiary/aromatic N) is 2. The molecular formula is C7H10N2O2S. The Labute approximate surface area is 76.1 Å². The van der Waals surface area contributed by atoms with Gasteiger partial charge in [-0.2, -0.15) is 5.10 Å². The van der Waals surface area contributed by atoms with Crippen molar-refractivity contribution >= 4 is 18.9 Å². The van der Waals surface area contributed by atoms with Crippen LogP contribution >= 0.6 is 12.9 Å². The number of thiol groups is 1. The van der Waals surface area contributed by atoms with E-state index in [1.54, 1.807) is 25.6 Å². The Kier molecular flexibility index (Phi) is 2.42. The Balaban J connectivity index is 3.22. The highest BCUT2D eigenvalue weighted by atomic mass is 32.1. The molecule has 0 aliphatic carbocycles. The van der Waals surface area contributed by atoms with Crippen LogP contribution in [0.4, 0.5) is 0 Å². The predicted octanol–water partition coefficient (Wildman–Crippen LogP) is 1.04. The molecule has 0 spiro atoms. The highest BCUT2D eigenvalue weighted by molar-refractivity contribution is 7.75. The molecule has 4 nitrogen and oxygen atoms in total. The van der Waals surface area contributed by atoms with Crippen LogP contribution in [0.2, 0.25) is 0 Å². The molecule has 1 aromatic rings. The van der Waals surface area contributed by atoms with Crippen molar-refractivity contribution in [2.45, 2.75) is 13.8 Å². The van der Waals surface area contributed by atoms with Crippen LogP contribution in [0.15, 0.2) is 0 Å². The van der Waals surface area contributed by atoms with E-state index in [1.165, 1.54) is 0 Å². The molecule has 1 heterocycles. The van der Waals surface area contributed by atoms with Crippen LogP contribution in [0.3, 0.4) is 0 Å². The molecule has 0 aliphatic rings. The van der Waals surface area contributed by atoms with Gasteiger partial charge in [0.25, 0.3) is 0 Å². The Bertz CT molecular complexity index is 319. The van der Waals surface area contributed by atoms with Gasteiger partial charge in [0.05, 0.1) is 5.69 Å². The van der Waals surface area contributed by atoms with E-state index in [1.807, 2.05) is 0 Å². The average Bonchev–Trinajstić information content (AvgIpc) is 2.26. The molecule has 1 aromatic heterocycles. The maximum atomic E-state index is 11.1. The molecule has 0 atom stereocenters. The minimum absolute atomic E-state index is 0.457. The SMILES string of the molecule is Cc1nn(C)c(C)c1C(=O)OS. The van der Waals surface area contributed by atoms with E-state index in [9.17, 15) is 4.79 Å². The van der Waals surface area contributed by atoms with E-state index < -0.39 is 5.97 Å². The maximum Gasteiger partial charge on any atom is 0.353 e. The fourth-order valence-corrected chi connectivity index (χ4v) is 1.21. The van der Waals surface area contributed by atoms with Crippen molar-refractivity contribution < 1.29 is 8.98 Å². The zero-order chi connectivity index (χ0) is 9.30. The van der Waals surface area contributed by atoms with Gasteiger partial charge in [-0.3, -0.25) is 4.68 Å². The largest absolute Gasteiger partial charge is 0.391 e. The van der Waals surface area contributed by atoms with Crippen molar-refractivity contribution in [3.05, 3.63) is 17.0 Å². The standard InChI is InChI=1S/C7H10N2O2S/c1-4-6(7(10)11-12)5(2)9(3)8-4/h12H,1-3H3. The lowest BCUT2D eigenvalue weighted by atomic mass is 10.2. The normalized spacial score (nSPS) is 10.0. The molecule has 0 bridgehead atoms. The summed E-state index contributed by atoms with van der Waals surface area (Å²) in [5.74, 6) is -0.457. The first-order valence-corrected chi connectivity index (χ1v) is 3.80. The molecule has 0 aliphatic heterocycles. The van der Waals surface area contributed by atoms with E-state index >= 15 is 0 Å². The number of carbonyl (C=O) groups excluding carboxylic acids is 1. The topological polar surface area (TPSA) is 44.1 Å². The number of carbonyl (C=O) groups is 1. The summed E-state index contributed by atoms with van der Waals surface area (Å²) in [6.07, 6.45) is 0. The quantitative estimate of drug-likeness (QED) is 0.526. The van der Waals surface area contributed by atoms with E-state index in [4.69, 9.17) is 0 Å². The summed E-state index contributed by atoms with van der Waals surface area (Å²) in [7, 11) is 1.78. The van der Waals surface area contributed by atoms with Gasteiger partial charge in [-0.1, -0.05) is 0 Å². The molecule has 0 aromatic carbocycles. The third-order valence-electron chi connectivity index (χ3n) is 1.80. The van der Waals surface area contributed by atoms with Crippen molar-refractivity contribution in [2.24, 2.45) is 7.05 Å². The van der Waals surface area contributed by atoms with Gasteiger partial charge < -0.3 is 4.18 Å². The van der Waals surface area contributed by atoms with Crippen LogP contribution in [-0.2, 0) is 11.2 Å². The number of rotatable bonds is 1. The van der Waals surface area contributed by atoms with Gasteiger partial charge in [-0.15, -0.1) is 0 Å². The molecule has 0 radical (unpaired) electrons. The first-order chi connectivity index (χ1) is 5.57. The molecule has 12 heavy (non-hydrogen) atoms. The van der Waals surface area contributed by atoms with Crippen molar-refractivity contribution in [2.75, 3.05) is 0 Å². The van der Waals surface area contributed by atoms with Gasteiger partial charge in [0, 0.05) is 25.7 Å². The second-order valence-electron chi connectivity index (χ2n) is 2.55. The zero-order valence-electron chi connectivity index (χ0n) is 7.16. The zero-order valence-corrected chi connectivity index (χ0v) is 8.05. The van der Waals surface area contributed by atoms with E-state index in [0.717, 1.165) is 5.69 Å². The summed E-state index contributed by atoms with van der Waals surface area (Å²) in [4.78, 5) is 11.1. The minimum Gasteiger partial charge on any atom is -0.391 e. The average molecular weight is 186 g/mol. The number of hydrogen-bond donors (Lipinski definition) is 1. The van der Waals surface area contributed by atoms with Crippen LogP contribution in [0.5, 0.6) is 0 Å². The lowest BCUT2D eigenvalue weighted by Crippen LogP contribution is -2.02. The summed E-state index contributed by atoms with van der Waals surface area (Å²) in [6.45, 7) is 3.56. The van der Waals surface area contributed by atoms with Crippen LogP contribution in [0.1, 0.15) is 21.7 Å². The third-order valence-corrected chi connectivity index (χ3v) is 1.96. The number of aryl methyl sites for hydroxylation is 2. The second kappa shape index (κ2) is 3.18. The summed E-state index contributed by atoms with van der Waals surface area (Å²) in [6, 6.07) is 0. The van der Waals surface area contributed by atoms with Gasteiger partial charge >= 0.3 is 5.97 Å². The smallest absolute Gasteiger partial charge is 0.353 e. The molecule has 5 heteroatoms. The highest BCUT2D eigenvalue weighted by Gasteiger charge is 2.17. The lowest BCUT2D eigenvalue weighted by molar-refractivity contribution is 0.0770. The molecule has 0 saturated carbocycles. The lowest BCUT2D eigenvalue weighted by Gasteiger charge is -1.96. The molecule has 66 valence electrons. The van der Waals surface area contributed by atoms with E-state index in [0.29, 0.717) is 11.3 Å². The van der Waals surface area contributed by atoms with Gasteiger partial charge in [0.15, 0.2) is 0 Å². The molecule has 0 fully saturated rings. The fraction of sp³-hybridized carbons (Fsp3) is 0.429. The maximum absolute atomic E-state index is 11.1. The Morgan fingerprint density at radius 1 is 1.58 bits per heavy atom. The van der Waals surface area contributed by atoms with Crippen molar-refractivity contribution in [1.29, 1.82) is 0 Å². The summed E-state index contributed by atoms with van der Waals surface area (Å²) >= 11 is 3.44. The van der Waals surface area contributed by atoms with Crippen LogP contribution < -0.4 is 0 Å². The summed E-state index contributed by atoms with van der Waals surface area (Å²) in [5, 5.41) is 4.06.